The molecule has 0 spiro atoms. The molecule has 2 aromatic rings. The third kappa shape index (κ3) is 3.19. The SMILES string of the molecule is COc1ccc(CN2C(C)=CN3C2=NC2C3C(=O)N(Cc3ccccc3)C(=O)N2C)cc1. The summed E-state index contributed by atoms with van der Waals surface area (Å²) in [5.41, 5.74) is 3.01. The maximum Gasteiger partial charge on any atom is 0.328 e. The topological polar surface area (TPSA) is 68.7 Å². The summed E-state index contributed by atoms with van der Waals surface area (Å²) in [7, 11) is 3.35. The Kier molecular flexibility index (Phi) is 4.84. The number of hydrogen-bond donors (Lipinski definition) is 0. The van der Waals surface area contributed by atoms with E-state index in [4.69, 9.17) is 9.73 Å². The molecule has 0 aliphatic carbocycles. The number of allylic oxidation sites excluding steroid dienone is 1. The highest BCUT2D eigenvalue weighted by atomic mass is 16.5. The second kappa shape index (κ2) is 7.71. The maximum absolute atomic E-state index is 13.5. The second-order valence-corrected chi connectivity index (χ2v) is 8.20. The molecule has 2 atom stereocenters. The van der Waals surface area contributed by atoms with Crippen molar-refractivity contribution < 1.29 is 14.3 Å². The Hall–Kier alpha value is -3.81. The van der Waals surface area contributed by atoms with Crippen LogP contribution in [0.15, 0.2) is 71.5 Å². The van der Waals surface area contributed by atoms with Gasteiger partial charge in [-0.3, -0.25) is 9.69 Å². The van der Waals surface area contributed by atoms with E-state index in [9.17, 15) is 9.59 Å². The van der Waals surface area contributed by atoms with Crippen molar-refractivity contribution in [3.8, 4) is 5.75 Å². The summed E-state index contributed by atoms with van der Waals surface area (Å²) in [6.45, 7) is 2.86. The van der Waals surface area contributed by atoms with Gasteiger partial charge in [0.05, 0.1) is 20.2 Å². The van der Waals surface area contributed by atoms with E-state index in [2.05, 4.69) is 4.90 Å². The number of amides is 3. The Balaban J connectivity index is 1.40. The number of fused-ring (bicyclic) bond motifs is 3. The number of benzene rings is 2. The average Bonchev–Trinajstić information content (AvgIpc) is 3.32. The average molecular weight is 431 g/mol. The van der Waals surface area contributed by atoms with Crippen LogP contribution in [-0.4, -0.2) is 63.9 Å². The number of nitrogens with zero attached hydrogens (tertiary/aromatic N) is 5. The molecule has 8 nitrogen and oxygen atoms in total. The molecule has 0 N–H and O–H groups in total. The van der Waals surface area contributed by atoms with Crippen molar-refractivity contribution in [3.63, 3.8) is 0 Å². The number of rotatable bonds is 5. The fourth-order valence-corrected chi connectivity index (χ4v) is 4.42. The highest BCUT2D eigenvalue weighted by Crippen LogP contribution is 2.35. The first-order chi connectivity index (χ1) is 15.5. The minimum absolute atomic E-state index is 0.226. The van der Waals surface area contributed by atoms with Crippen LogP contribution in [0, 0.1) is 0 Å². The number of guanidine groups is 1. The zero-order chi connectivity index (χ0) is 22.4. The molecule has 3 aliphatic rings. The summed E-state index contributed by atoms with van der Waals surface area (Å²) < 4.78 is 5.24. The standard InChI is InChI=1S/C24H25N5O3/c1-16-13-28-20-21(25-23(28)27(16)14-18-9-11-19(32-3)12-10-18)26(2)24(31)29(22(20)30)15-17-7-5-4-6-8-17/h4-13,20-21H,14-15H2,1-3H3. The second-order valence-electron chi connectivity index (χ2n) is 8.20. The monoisotopic (exact) mass is 431 g/mol. The van der Waals surface area contributed by atoms with Crippen LogP contribution in [0.1, 0.15) is 18.1 Å². The summed E-state index contributed by atoms with van der Waals surface area (Å²) in [6, 6.07) is 16.5. The van der Waals surface area contributed by atoms with Gasteiger partial charge in [0.1, 0.15) is 5.75 Å². The largest absolute Gasteiger partial charge is 0.497 e. The molecule has 3 amide bonds. The van der Waals surface area contributed by atoms with Crippen LogP contribution >= 0.6 is 0 Å². The molecule has 32 heavy (non-hydrogen) atoms. The van der Waals surface area contributed by atoms with E-state index in [1.807, 2.05) is 72.6 Å². The van der Waals surface area contributed by atoms with Crippen LogP contribution in [0.5, 0.6) is 5.75 Å². The summed E-state index contributed by atoms with van der Waals surface area (Å²) in [4.78, 5) is 38.1. The van der Waals surface area contributed by atoms with E-state index in [1.54, 1.807) is 19.1 Å². The molecule has 3 heterocycles. The first kappa shape index (κ1) is 20.1. The molecule has 5 rings (SSSR count). The number of urea groups is 1. The minimum atomic E-state index is -0.563. The highest BCUT2D eigenvalue weighted by Gasteiger charge is 2.54. The van der Waals surface area contributed by atoms with Crippen molar-refractivity contribution >= 4 is 17.9 Å². The quantitative estimate of drug-likeness (QED) is 0.728. The number of carbonyl (C=O) groups excluding carboxylic acids is 2. The third-order valence-electron chi connectivity index (χ3n) is 6.19. The number of aliphatic imine (C=N–C) groups is 1. The van der Waals surface area contributed by atoms with Crippen LogP contribution < -0.4 is 4.74 Å². The van der Waals surface area contributed by atoms with Gasteiger partial charge in [-0.2, -0.15) is 0 Å². The lowest BCUT2D eigenvalue weighted by Crippen LogP contribution is -2.63. The fourth-order valence-electron chi connectivity index (χ4n) is 4.42. The Labute approximate surface area is 187 Å². The van der Waals surface area contributed by atoms with E-state index >= 15 is 0 Å². The van der Waals surface area contributed by atoms with Crippen molar-refractivity contribution in [2.24, 2.45) is 4.99 Å². The lowest BCUT2D eigenvalue weighted by atomic mass is 10.1. The van der Waals surface area contributed by atoms with E-state index in [-0.39, 0.29) is 18.5 Å². The first-order valence-corrected chi connectivity index (χ1v) is 10.5. The predicted octanol–water partition coefficient (Wildman–Crippen LogP) is 2.83. The van der Waals surface area contributed by atoms with Gasteiger partial charge < -0.3 is 19.4 Å². The number of ether oxygens (including phenoxy) is 1. The van der Waals surface area contributed by atoms with Gasteiger partial charge in [-0.15, -0.1) is 0 Å². The number of imide groups is 1. The van der Waals surface area contributed by atoms with Gasteiger partial charge in [0.15, 0.2) is 12.2 Å². The molecule has 8 heteroatoms. The summed E-state index contributed by atoms with van der Waals surface area (Å²) in [5.74, 6) is 1.27. The van der Waals surface area contributed by atoms with Gasteiger partial charge in [0.2, 0.25) is 5.96 Å². The van der Waals surface area contributed by atoms with Crippen LogP contribution in [0.25, 0.3) is 0 Å². The molecule has 3 aliphatic heterocycles. The molecule has 0 saturated carbocycles. The molecule has 2 aromatic carbocycles. The van der Waals surface area contributed by atoms with Gasteiger partial charge in [-0.25, -0.2) is 9.79 Å². The van der Waals surface area contributed by atoms with E-state index in [0.717, 1.165) is 22.6 Å². The van der Waals surface area contributed by atoms with Crippen molar-refractivity contribution in [1.82, 2.24) is 19.6 Å². The third-order valence-corrected chi connectivity index (χ3v) is 6.19. The van der Waals surface area contributed by atoms with Gasteiger partial charge in [-0.05, 0) is 30.2 Å². The van der Waals surface area contributed by atoms with Crippen molar-refractivity contribution in [2.75, 3.05) is 14.2 Å². The Morgan fingerprint density at radius 3 is 2.28 bits per heavy atom. The molecular weight excluding hydrogens is 406 g/mol. The predicted molar refractivity (Wildman–Crippen MR) is 119 cm³/mol. The van der Waals surface area contributed by atoms with E-state index in [0.29, 0.717) is 12.5 Å². The molecule has 0 bridgehead atoms. The van der Waals surface area contributed by atoms with E-state index in [1.165, 1.54) is 4.90 Å². The van der Waals surface area contributed by atoms with Crippen molar-refractivity contribution in [3.05, 3.63) is 77.6 Å². The number of carbonyl (C=O) groups is 2. The fraction of sp³-hybridized carbons (Fsp3) is 0.292. The Morgan fingerprint density at radius 1 is 0.938 bits per heavy atom. The van der Waals surface area contributed by atoms with Gasteiger partial charge in [0, 0.05) is 18.9 Å². The van der Waals surface area contributed by atoms with Crippen LogP contribution in [0.4, 0.5) is 4.79 Å². The summed E-state index contributed by atoms with van der Waals surface area (Å²) in [6.07, 6.45) is 1.41. The first-order valence-electron chi connectivity index (χ1n) is 10.5. The lowest BCUT2D eigenvalue weighted by molar-refractivity contribution is -0.137. The Morgan fingerprint density at radius 2 is 1.59 bits per heavy atom. The van der Waals surface area contributed by atoms with Crippen LogP contribution in [-0.2, 0) is 17.9 Å². The van der Waals surface area contributed by atoms with Gasteiger partial charge in [0.25, 0.3) is 5.91 Å². The molecular formula is C24H25N5O3. The molecule has 2 unspecified atom stereocenters. The lowest BCUT2D eigenvalue weighted by Gasteiger charge is -2.40. The number of likely N-dealkylation sites (N-methyl/N-ethyl adjacent to an activating group) is 1. The van der Waals surface area contributed by atoms with Gasteiger partial charge >= 0.3 is 6.03 Å². The smallest absolute Gasteiger partial charge is 0.328 e. The maximum atomic E-state index is 13.5. The zero-order valence-electron chi connectivity index (χ0n) is 18.3. The molecule has 164 valence electrons. The van der Waals surface area contributed by atoms with Gasteiger partial charge in [-0.1, -0.05) is 42.5 Å². The molecule has 1 saturated heterocycles. The minimum Gasteiger partial charge on any atom is -0.497 e. The normalized spacial score (nSPS) is 22.1. The summed E-state index contributed by atoms with van der Waals surface area (Å²) in [5, 5.41) is 0. The molecule has 0 radical (unpaired) electrons. The van der Waals surface area contributed by atoms with Crippen molar-refractivity contribution in [1.29, 1.82) is 0 Å². The van der Waals surface area contributed by atoms with Crippen LogP contribution in [0.3, 0.4) is 0 Å². The number of hydrogen-bond acceptors (Lipinski definition) is 6. The summed E-state index contributed by atoms with van der Waals surface area (Å²) >= 11 is 0. The van der Waals surface area contributed by atoms with Crippen LogP contribution in [0.2, 0.25) is 0 Å². The van der Waals surface area contributed by atoms with E-state index < -0.39 is 12.2 Å². The van der Waals surface area contributed by atoms with Crippen molar-refractivity contribution in [2.45, 2.75) is 32.2 Å². The molecule has 1 fully saturated rings. The molecule has 0 aromatic heterocycles. The zero-order valence-corrected chi connectivity index (χ0v) is 18.3. The number of methoxy groups -OCH3 is 1. The Bertz CT molecular complexity index is 1110. The highest BCUT2D eigenvalue weighted by molar-refractivity contribution is 6.04.